The highest BCUT2D eigenvalue weighted by Gasteiger charge is 2.15. The zero-order valence-electron chi connectivity index (χ0n) is 14.8. The Morgan fingerprint density at radius 2 is 1.93 bits per heavy atom. The molecule has 7 nitrogen and oxygen atoms in total. The molecule has 28 heavy (non-hydrogen) atoms. The monoisotopic (exact) mass is 414 g/mol. The minimum Gasteiger partial charge on any atom is -0.346 e. The first-order chi connectivity index (χ1) is 13.4. The van der Waals surface area contributed by atoms with Crippen molar-refractivity contribution in [2.75, 3.05) is 0 Å². The third-order valence-electron chi connectivity index (χ3n) is 3.77. The number of aryl methyl sites for hydroxylation is 1. The Bertz CT molecular complexity index is 1050. The van der Waals surface area contributed by atoms with Crippen molar-refractivity contribution in [1.29, 1.82) is 0 Å². The van der Waals surface area contributed by atoms with Gasteiger partial charge in [-0.2, -0.15) is 0 Å². The Morgan fingerprint density at radius 1 is 1.21 bits per heavy atom. The molecular formula is C19H15ClN4O3S. The molecule has 0 saturated heterocycles. The van der Waals surface area contributed by atoms with Crippen LogP contribution in [0, 0.1) is 17.0 Å². The summed E-state index contributed by atoms with van der Waals surface area (Å²) in [6.45, 7) is 2.38. The van der Waals surface area contributed by atoms with Crippen molar-refractivity contribution in [3.05, 3.63) is 85.4 Å². The van der Waals surface area contributed by atoms with Gasteiger partial charge in [-0.05, 0) is 24.1 Å². The molecule has 0 aliphatic carbocycles. The maximum Gasteiger partial charge on any atom is 0.282 e. The van der Waals surface area contributed by atoms with Crippen LogP contribution in [0.15, 0.2) is 48.5 Å². The van der Waals surface area contributed by atoms with Crippen LogP contribution in [0.4, 0.5) is 5.69 Å². The number of rotatable bonds is 6. The van der Waals surface area contributed by atoms with E-state index in [1.54, 1.807) is 18.2 Å². The van der Waals surface area contributed by atoms with Gasteiger partial charge < -0.3 is 5.32 Å². The molecule has 2 aromatic carbocycles. The van der Waals surface area contributed by atoms with Gasteiger partial charge in [0.1, 0.15) is 0 Å². The fraction of sp³-hybridized carbons (Fsp3) is 0.105. The van der Waals surface area contributed by atoms with Gasteiger partial charge >= 0.3 is 0 Å². The fourth-order valence-corrected chi connectivity index (χ4v) is 3.26. The van der Waals surface area contributed by atoms with Crippen molar-refractivity contribution in [3.8, 4) is 0 Å². The molecule has 1 heterocycles. The summed E-state index contributed by atoms with van der Waals surface area (Å²) in [5.74, 6) is -0.343. The van der Waals surface area contributed by atoms with Gasteiger partial charge in [-0.1, -0.05) is 64.9 Å². The number of nitro groups is 1. The van der Waals surface area contributed by atoms with E-state index in [4.69, 9.17) is 11.6 Å². The lowest BCUT2D eigenvalue weighted by Crippen LogP contribution is -2.22. The van der Waals surface area contributed by atoms with E-state index >= 15 is 0 Å². The highest BCUT2D eigenvalue weighted by Crippen LogP contribution is 2.26. The van der Waals surface area contributed by atoms with Crippen molar-refractivity contribution in [2.24, 2.45) is 0 Å². The Balaban J connectivity index is 1.68. The molecule has 3 aromatic rings. The number of hydrogen-bond donors (Lipinski definition) is 1. The first-order valence-electron chi connectivity index (χ1n) is 8.21. The van der Waals surface area contributed by atoms with E-state index in [9.17, 15) is 14.9 Å². The predicted octanol–water partition coefficient (Wildman–Crippen LogP) is 4.42. The number of halogens is 1. The molecule has 0 radical (unpaired) electrons. The number of carbonyl (C=O) groups excluding carboxylic acids is 1. The second kappa shape index (κ2) is 8.73. The summed E-state index contributed by atoms with van der Waals surface area (Å²) in [6.07, 6.45) is 1.54. The molecule has 1 aromatic heterocycles. The number of aromatic nitrogens is 2. The van der Waals surface area contributed by atoms with E-state index in [0.29, 0.717) is 17.1 Å². The summed E-state index contributed by atoms with van der Waals surface area (Å²) in [4.78, 5) is 22.6. The standard InChI is InChI=1S/C19H15ClN4O3S/c1-12-5-7-13(8-6-12)11-21-17(25)19-23-22-18(28-19)16(20)10-14-3-2-4-15(9-14)24(26)27/h2-10H,11H2,1H3,(H,21,25)/b16-10-. The molecular weight excluding hydrogens is 400 g/mol. The molecule has 0 spiro atoms. The average Bonchev–Trinajstić information content (AvgIpc) is 3.18. The summed E-state index contributed by atoms with van der Waals surface area (Å²) in [5.41, 5.74) is 2.65. The van der Waals surface area contributed by atoms with Crippen LogP contribution in [0.5, 0.6) is 0 Å². The van der Waals surface area contributed by atoms with Crippen LogP contribution in [0.1, 0.15) is 31.5 Å². The Kier molecular flexibility index (Phi) is 6.13. The second-order valence-corrected chi connectivity index (χ2v) is 7.31. The number of carbonyl (C=O) groups is 1. The molecule has 1 amide bonds. The van der Waals surface area contributed by atoms with Crippen molar-refractivity contribution in [2.45, 2.75) is 13.5 Å². The van der Waals surface area contributed by atoms with Gasteiger partial charge in [0, 0.05) is 18.7 Å². The average molecular weight is 415 g/mol. The Hall–Kier alpha value is -3.10. The number of nitrogens with zero attached hydrogens (tertiary/aromatic N) is 3. The van der Waals surface area contributed by atoms with Crippen molar-refractivity contribution in [1.82, 2.24) is 15.5 Å². The molecule has 9 heteroatoms. The lowest BCUT2D eigenvalue weighted by atomic mass is 10.1. The van der Waals surface area contributed by atoms with Gasteiger partial charge in [0.2, 0.25) is 5.01 Å². The molecule has 0 bridgehead atoms. The van der Waals surface area contributed by atoms with Crippen LogP contribution in [0.25, 0.3) is 11.1 Å². The van der Waals surface area contributed by atoms with E-state index in [-0.39, 0.29) is 21.6 Å². The molecule has 3 rings (SSSR count). The van der Waals surface area contributed by atoms with Gasteiger partial charge in [-0.15, -0.1) is 10.2 Å². The zero-order chi connectivity index (χ0) is 20.1. The van der Waals surface area contributed by atoms with Crippen LogP contribution in [-0.2, 0) is 6.54 Å². The predicted molar refractivity (Wildman–Crippen MR) is 109 cm³/mol. The second-order valence-electron chi connectivity index (χ2n) is 5.93. The minimum absolute atomic E-state index is 0.0355. The third kappa shape index (κ3) is 4.99. The molecule has 0 aliphatic heterocycles. The van der Waals surface area contributed by atoms with Gasteiger partial charge in [0.25, 0.3) is 11.6 Å². The van der Waals surface area contributed by atoms with Crippen LogP contribution in [-0.4, -0.2) is 21.0 Å². The van der Waals surface area contributed by atoms with E-state index in [0.717, 1.165) is 22.5 Å². The molecule has 1 N–H and O–H groups in total. The lowest BCUT2D eigenvalue weighted by molar-refractivity contribution is -0.384. The number of nitro benzene ring substituents is 1. The highest BCUT2D eigenvalue weighted by molar-refractivity contribution is 7.15. The van der Waals surface area contributed by atoms with Gasteiger partial charge in [-0.3, -0.25) is 14.9 Å². The lowest BCUT2D eigenvalue weighted by Gasteiger charge is -2.03. The van der Waals surface area contributed by atoms with E-state index in [1.807, 2.05) is 31.2 Å². The fourth-order valence-electron chi connectivity index (χ4n) is 2.31. The molecule has 0 atom stereocenters. The first-order valence-corrected chi connectivity index (χ1v) is 9.41. The maximum atomic E-state index is 12.3. The first kappa shape index (κ1) is 19.7. The highest BCUT2D eigenvalue weighted by atomic mass is 35.5. The number of non-ortho nitro benzene ring substituents is 1. The Morgan fingerprint density at radius 3 is 2.64 bits per heavy atom. The number of nitrogens with one attached hydrogen (secondary N) is 1. The van der Waals surface area contributed by atoms with Crippen LogP contribution >= 0.6 is 22.9 Å². The quantitative estimate of drug-likeness (QED) is 0.475. The van der Waals surface area contributed by atoms with Crippen LogP contribution < -0.4 is 5.32 Å². The van der Waals surface area contributed by atoms with Crippen LogP contribution in [0.2, 0.25) is 0 Å². The maximum absolute atomic E-state index is 12.3. The normalized spacial score (nSPS) is 11.3. The molecule has 0 unspecified atom stereocenters. The topological polar surface area (TPSA) is 98.0 Å². The van der Waals surface area contributed by atoms with Crippen molar-refractivity contribution < 1.29 is 9.72 Å². The summed E-state index contributed by atoms with van der Waals surface area (Å²) in [6, 6.07) is 13.9. The summed E-state index contributed by atoms with van der Waals surface area (Å²) in [7, 11) is 0. The molecule has 0 fully saturated rings. The molecule has 0 aliphatic rings. The van der Waals surface area contributed by atoms with E-state index < -0.39 is 4.92 Å². The number of amides is 1. The summed E-state index contributed by atoms with van der Waals surface area (Å²) < 4.78 is 0. The summed E-state index contributed by atoms with van der Waals surface area (Å²) in [5, 5.41) is 22.2. The summed E-state index contributed by atoms with van der Waals surface area (Å²) >= 11 is 7.29. The van der Waals surface area contributed by atoms with Gasteiger partial charge in [-0.25, -0.2) is 0 Å². The number of hydrogen-bond acceptors (Lipinski definition) is 6. The Labute approximate surface area is 169 Å². The minimum atomic E-state index is -0.479. The van der Waals surface area contributed by atoms with Crippen molar-refractivity contribution >= 4 is 45.6 Å². The van der Waals surface area contributed by atoms with Gasteiger partial charge in [0.05, 0.1) is 9.96 Å². The molecule has 142 valence electrons. The smallest absolute Gasteiger partial charge is 0.282 e. The largest absolute Gasteiger partial charge is 0.346 e. The van der Waals surface area contributed by atoms with E-state index in [1.165, 1.54) is 12.1 Å². The third-order valence-corrected chi connectivity index (χ3v) is 5.13. The van der Waals surface area contributed by atoms with E-state index in [2.05, 4.69) is 15.5 Å². The molecule has 0 saturated carbocycles. The van der Waals surface area contributed by atoms with Gasteiger partial charge in [0.15, 0.2) is 5.01 Å². The zero-order valence-corrected chi connectivity index (χ0v) is 16.3. The SMILES string of the molecule is Cc1ccc(CNC(=O)c2nnc(/C(Cl)=C/c3cccc([N+](=O)[O-])c3)s2)cc1. The van der Waals surface area contributed by atoms with Crippen molar-refractivity contribution in [3.63, 3.8) is 0 Å². The van der Waals surface area contributed by atoms with Crippen LogP contribution in [0.3, 0.4) is 0 Å². The number of benzene rings is 2.